The number of ether oxygens (including phenoxy) is 4. The average molecular weight is 885 g/mol. The van der Waals surface area contributed by atoms with Crippen LogP contribution in [0.3, 0.4) is 0 Å². The van der Waals surface area contributed by atoms with Crippen LogP contribution < -0.4 is 18.9 Å². The first kappa shape index (κ1) is 50.0. The largest absolute Gasteiger partial charge is 0.494 e. The van der Waals surface area contributed by atoms with E-state index in [1.807, 2.05) is 97.1 Å². The summed E-state index contributed by atoms with van der Waals surface area (Å²) in [5.41, 5.74) is 5.07. The normalized spacial score (nSPS) is 10.3. The highest BCUT2D eigenvalue weighted by Gasteiger charge is 2.14. The van der Waals surface area contributed by atoms with Crippen molar-refractivity contribution in [3.63, 3.8) is 0 Å². The van der Waals surface area contributed by atoms with Gasteiger partial charge in [-0.25, -0.2) is 0 Å². The predicted octanol–water partition coefficient (Wildman–Crippen LogP) is 15.2. The molecule has 0 aliphatic carbocycles. The van der Waals surface area contributed by atoms with E-state index < -0.39 is 0 Å². The van der Waals surface area contributed by atoms with E-state index in [-0.39, 0.29) is 0 Å². The minimum Gasteiger partial charge on any atom is -0.494 e. The maximum Gasteiger partial charge on any atom is 0.119 e. The maximum absolute atomic E-state index is 6.02. The molecule has 0 radical (unpaired) electrons. The lowest BCUT2D eigenvalue weighted by Crippen LogP contribution is -1.97. The molecule has 338 valence electrons. The molecule has 0 unspecified atom stereocenters. The van der Waals surface area contributed by atoms with Gasteiger partial charge in [0.25, 0.3) is 0 Å². The van der Waals surface area contributed by atoms with Crippen LogP contribution in [-0.2, 0) is 0 Å². The fourth-order valence-corrected chi connectivity index (χ4v) is 7.70. The Balaban J connectivity index is 1.49. The quantitative estimate of drug-likeness (QED) is 0.0457. The molecule has 1 aromatic heterocycles. The van der Waals surface area contributed by atoms with Crippen molar-refractivity contribution >= 4 is 11.3 Å². The summed E-state index contributed by atoms with van der Waals surface area (Å²) in [5.74, 6) is 31.0. The van der Waals surface area contributed by atoms with E-state index in [0.29, 0.717) is 13.2 Å². The highest BCUT2D eigenvalue weighted by atomic mass is 32.1. The molecular formula is C60H68O4S. The Hall–Kier alpha value is -5.98. The molecule has 0 aliphatic rings. The molecule has 5 heteroatoms. The Morgan fingerprint density at radius 3 is 0.785 bits per heavy atom. The third-order valence-corrected chi connectivity index (χ3v) is 11.7. The van der Waals surface area contributed by atoms with Crippen LogP contribution in [0.5, 0.6) is 23.0 Å². The molecule has 0 fully saturated rings. The van der Waals surface area contributed by atoms with E-state index in [1.54, 1.807) is 0 Å². The molecule has 0 atom stereocenters. The van der Waals surface area contributed by atoms with Gasteiger partial charge >= 0.3 is 0 Å². The van der Waals surface area contributed by atoms with Gasteiger partial charge in [-0.1, -0.05) is 140 Å². The van der Waals surface area contributed by atoms with E-state index in [0.717, 1.165) is 105 Å². The summed E-state index contributed by atoms with van der Waals surface area (Å²) in [6, 6.07) is 32.1. The first-order valence-corrected chi connectivity index (χ1v) is 25.1. The molecule has 5 rings (SSSR count). The lowest BCUT2D eigenvalue weighted by Gasteiger charge is -2.05. The van der Waals surface area contributed by atoms with Crippen LogP contribution in [0.15, 0.2) is 97.1 Å². The van der Waals surface area contributed by atoms with Crippen molar-refractivity contribution < 1.29 is 18.9 Å². The molecule has 0 saturated carbocycles. The van der Waals surface area contributed by atoms with Gasteiger partial charge in [-0.15, -0.1) is 11.3 Å². The summed E-state index contributed by atoms with van der Waals surface area (Å²) in [6.45, 7) is 11.8. The van der Waals surface area contributed by atoms with Gasteiger partial charge in [0.15, 0.2) is 0 Å². The molecule has 65 heavy (non-hydrogen) atoms. The van der Waals surface area contributed by atoms with Crippen molar-refractivity contribution in [2.24, 2.45) is 0 Å². The molecule has 0 amide bonds. The minimum atomic E-state index is 0.717. The highest BCUT2D eigenvalue weighted by molar-refractivity contribution is 7.13. The monoisotopic (exact) mass is 884 g/mol. The van der Waals surface area contributed by atoms with Crippen molar-refractivity contribution in [3.8, 4) is 70.4 Å². The SMILES string of the molecule is CCCCCCOc1ccc(C#Cc2sc(C#Cc3ccc(OCCCCCC)cc3)c(C#Cc3ccc(OCCCCCC)cc3)c2C#Cc2ccc(OCCCCCC)cc2)cc1. The van der Waals surface area contributed by atoms with Crippen LogP contribution in [0.4, 0.5) is 0 Å². The molecule has 0 saturated heterocycles. The predicted molar refractivity (Wildman–Crippen MR) is 273 cm³/mol. The zero-order chi connectivity index (χ0) is 45.6. The first-order valence-electron chi connectivity index (χ1n) is 24.2. The number of hydrogen-bond donors (Lipinski definition) is 0. The summed E-state index contributed by atoms with van der Waals surface area (Å²) in [7, 11) is 0. The van der Waals surface area contributed by atoms with Gasteiger partial charge in [0.2, 0.25) is 0 Å². The Kier molecular flexibility index (Phi) is 23.3. The lowest BCUT2D eigenvalue weighted by atomic mass is 10.1. The van der Waals surface area contributed by atoms with Gasteiger partial charge < -0.3 is 18.9 Å². The molecule has 4 nitrogen and oxygen atoms in total. The molecule has 5 aromatic rings. The standard InChI is InChI=1S/C60H68O4S/c1-5-9-13-17-45-61-53-33-21-49(22-34-53)29-41-57-58(42-30-50-23-35-54(36-24-50)62-46-18-14-10-6-2)60(44-32-52-27-39-56(40-28-52)64-48-20-16-12-8-4)65-59(57)43-31-51-25-37-55(38-26-51)63-47-19-15-11-7-3/h21-28,33-40H,5-20,45-48H2,1-4H3. The van der Waals surface area contributed by atoms with Crippen molar-refractivity contribution in [3.05, 3.63) is 140 Å². The van der Waals surface area contributed by atoms with E-state index in [1.165, 1.54) is 88.4 Å². The van der Waals surface area contributed by atoms with Crippen LogP contribution in [0.1, 0.15) is 174 Å². The van der Waals surface area contributed by atoms with Crippen LogP contribution in [0, 0.1) is 47.4 Å². The van der Waals surface area contributed by atoms with Gasteiger partial charge in [-0.2, -0.15) is 0 Å². The van der Waals surface area contributed by atoms with E-state index in [9.17, 15) is 0 Å². The second-order valence-corrected chi connectivity index (χ2v) is 17.3. The molecule has 0 bridgehead atoms. The first-order chi connectivity index (χ1) is 32.1. The smallest absolute Gasteiger partial charge is 0.119 e. The molecule has 4 aromatic carbocycles. The molecule has 1 heterocycles. The second kappa shape index (κ2) is 30.2. The zero-order valence-corrected chi connectivity index (χ0v) is 40.2. The summed E-state index contributed by atoms with van der Waals surface area (Å²) in [4.78, 5) is 1.63. The topological polar surface area (TPSA) is 36.9 Å². The van der Waals surface area contributed by atoms with Crippen LogP contribution in [0.25, 0.3) is 0 Å². The average Bonchev–Trinajstić information content (AvgIpc) is 3.68. The van der Waals surface area contributed by atoms with Gasteiger partial charge in [0.1, 0.15) is 23.0 Å². The summed E-state index contributed by atoms with van der Waals surface area (Å²) < 4.78 is 24.1. The minimum absolute atomic E-state index is 0.717. The third kappa shape index (κ3) is 19.0. The highest BCUT2D eigenvalue weighted by Crippen LogP contribution is 2.28. The lowest BCUT2D eigenvalue weighted by molar-refractivity contribution is 0.305. The van der Waals surface area contributed by atoms with Crippen LogP contribution in [-0.4, -0.2) is 26.4 Å². The molecular weight excluding hydrogens is 817 g/mol. The number of rotatable bonds is 24. The van der Waals surface area contributed by atoms with Gasteiger partial charge in [-0.3, -0.25) is 0 Å². The molecule has 0 aliphatic heterocycles. The maximum atomic E-state index is 6.02. The second-order valence-electron chi connectivity index (χ2n) is 16.2. The van der Waals surface area contributed by atoms with E-state index >= 15 is 0 Å². The molecule has 0 spiro atoms. The molecule has 0 N–H and O–H groups in total. The van der Waals surface area contributed by atoms with Crippen molar-refractivity contribution in [2.45, 2.75) is 130 Å². The fraction of sp³-hybridized carbons (Fsp3) is 0.400. The summed E-state index contributed by atoms with van der Waals surface area (Å²) in [6.07, 6.45) is 18.7. The van der Waals surface area contributed by atoms with E-state index in [2.05, 4.69) is 75.1 Å². The van der Waals surface area contributed by atoms with Crippen molar-refractivity contribution in [2.75, 3.05) is 26.4 Å². The number of hydrogen-bond acceptors (Lipinski definition) is 5. The van der Waals surface area contributed by atoms with Crippen LogP contribution >= 0.6 is 11.3 Å². The van der Waals surface area contributed by atoms with E-state index in [4.69, 9.17) is 18.9 Å². The fourth-order valence-electron chi connectivity index (χ4n) is 6.79. The zero-order valence-electron chi connectivity index (χ0n) is 39.4. The van der Waals surface area contributed by atoms with Gasteiger partial charge in [-0.05, 0) is 135 Å². The number of unbranched alkanes of at least 4 members (excludes halogenated alkanes) is 12. The number of benzene rings is 4. The Labute approximate surface area is 395 Å². The van der Waals surface area contributed by atoms with Crippen LogP contribution in [0.2, 0.25) is 0 Å². The van der Waals surface area contributed by atoms with Gasteiger partial charge in [0, 0.05) is 22.3 Å². The Bertz CT molecular complexity index is 2210. The summed E-state index contributed by atoms with van der Waals surface area (Å²) >= 11 is 1.53. The third-order valence-electron chi connectivity index (χ3n) is 10.7. The number of thiophene rings is 1. The van der Waals surface area contributed by atoms with Crippen molar-refractivity contribution in [1.82, 2.24) is 0 Å². The summed E-state index contributed by atoms with van der Waals surface area (Å²) in [5, 5.41) is 0. The Morgan fingerprint density at radius 1 is 0.292 bits per heavy atom. The van der Waals surface area contributed by atoms with Crippen molar-refractivity contribution in [1.29, 1.82) is 0 Å². The van der Waals surface area contributed by atoms with Gasteiger partial charge in [0.05, 0.1) is 47.3 Å². The Morgan fingerprint density at radius 2 is 0.538 bits per heavy atom.